The summed E-state index contributed by atoms with van der Waals surface area (Å²) in [5, 5.41) is 16.8. The molecule has 1 atom stereocenters. The molecule has 0 bridgehead atoms. The lowest BCUT2D eigenvalue weighted by atomic mass is 10.2. The summed E-state index contributed by atoms with van der Waals surface area (Å²) in [6, 6.07) is 9.64. The van der Waals surface area contributed by atoms with E-state index in [1.165, 1.54) is 29.6 Å². The molecular formula is C23H21FN8O3. The Morgan fingerprint density at radius 2 is 1.94 bits per heavy atom. The minimum atomic E-state index is -0.554. The van der Waals surface area contributed by atoms with Crippen molar-refractivity contribution in [3.8, 4) is 11.9 Å². The van der Waals surface area contributed by atoms with Crippen LogP contribution in [0.15, 0.2) is 48.9 Å². The molecule has 11 nitrogen and oxygen atoms in total. The molecule has 2 aliphatic rings. The van der Waals surface area contributed by atoms with E-state index in [1.54, 1.807) is 24.3 Å². The van der Waals surface area contributed by atoms with Crippen LogP contribution in [-0.2, 0) is 4.74 Å². The highest BCUT2D eigenvalue weighted by atomic mass is 19.1. The number of anilines is 3. The first-order valence-electron chi connectivity index (χ1n) is 11.0. The number of cyclic esters (lactones) is 1. The molecule has 35 heavy (non-hydrogen) atoms. The molecule has 1 unspecified atom stereocenters. The number of amides is 1. The SMILES string of the molecule is N#Cc1ccc(N2CCN(c3ccc(N4C(=O)OCC4COc4cnccn4)cc3F)CC2)nn1. The second-order valence-corrected chi connectivity index (χ2v) is 7.95. The van der Waals surface area contributed by atoms with Crippen LogP contribution in [0.3, 0.4) is 0 Å². The van der Waals surface area contributed by atoms with Crippen LogP contribution in [0.25, 0.3) is 0 Å². The van der Waals surface area contributed by atoms with E-state index < -0.39 is 18.0 Å². The van der Waals surface area contributed by atoms with E-state index in [4.69, 9.17) is 14.7 Å². The van der Waals surface area contributed by atoms with Gasteiger partial charge in [0.15, 0.2) is 11.5 Å². The van der Waals surface area contributed by atoms with Gasteiger partial charge in [-0.05, 0) is 30.3 Å². The summed E-state index contributed by atoms with van der Waals surface area (Å²) in [7, 11) is 0. The van der Waals surface area contributed by atoms with Crippen LogP contribution < -0.4 is 19.4 Å². The van der Waals surface area contributed by atoms with Gasteiger partial charge in [0.2, 0.25) is 5.88 Å². The number of carbonyl (C=O) groups is 1. The van der Waals surface area contributed by atoms with Gasteiger partial charge in [-0.25, -0.2) is 14.2 Å². The third-order valence-corrected chi connectivity index (χ3v) is 5.84. The summed E-state index contributed by atoms with van der Waals surface area (Å²) in [5.74, 6) is 0.587. The Morgan fingerprint density at radius 1 is 1.11 bits per heavy atom. The molecule has 0 radical (unpaired) electrons. The van der Waals surface area contributed by atoms with E-state index in [1.807, 2.05) is 15.9 Å². The predicted molar refractivity (Wildman–Crippen MR) is 123 cm³/mol. The van der Waals surface area contributed by atoms with E-state index in [-0.39, 0.29) is 18.9 Å². The van der Waals surface area contributed by atoms with E-state index in [9.17, 15) is 4.79 Å². The molecular weight excluding hydrogens is 455 g/mol. The first-order valence-corrected chi connectivity index (χ1v) is 11.0. The van der Waals surface area contributed by atoms with Gasteiger partial charge >= 0.3 is 6.09 Å². The van der Waals surface area contributed by atoms with Crippen LogP contribution in [-0.4, -0.2) is 71.7 Å². The molecule has 4 heterocycles. The topological polar surface area (TPSA) is 121 Å². The maximum atomic E-state index is 15.2. The Balaban J connectivity index is 1.24. The Kier molecular flexibility index (Phi) is 6.21. The number of halogens is 1. The summed E-state index contributed by atoms with van der Waals surface area (Å²) in [6.45, 7) is 2.68. The summed E-state index contributed by atoms with van der Waals surface area (Å²) in [5.41, 5.74) is 1.12. The normalized spacial score (nSPS) is 17.8. The number of benzene rings is 1. The molecule has 0 spiro atoms. The Morgan fingerprint density at radius 3 is 2.63 bits per heavy atom. The molecule has 2 fully saturated rings. The average molecular weight is 476 g/mol. The monoisotopic (exact) mass is 476 g/mol. The van der Waals surface area contributed by atoms with Gasteiger partial charge in [0.1, 0.15) is 31.1 Å². The van der Waals surface area contributed by atoms with Crippen molar-refractivity contribution >= 4 is 23.3 Å². The molecule has 3 aromatic rings. The number of hydrogen-bond donors (Lipinski definition) is 0. The van der Waals surface area contributed by atoms with E-state index >= 15 is 4.39 Å². The summed E-state index contributed by atoms with van der Waals surface area (Å²) in [6.07, 6.45) is 3.97. The van der Waals surface area contributed by atoms with Crippen molar-refractivity contribution in [2.24, 2.45) is 0 Å². The summed E-state index contributed by atoms with van der Waals surface area (Å²) < 4.78 is 26.0. The summed E-state index contributed by atoms with van der Waals surface area (Å²) >= 11 is 0. The molecule has 1 amide bonds. The fourth-order valence-electron chi connectivity index (χ4n) is 4.07. The zero-order chi connectivity index (χ0) is 24.2. The fourth-order valence-corrected chi connectivity index (χ4v) is 4.07. The van der Waals surface area contributed by atoms with Crippen molar-refractivity contribution < 1.29 is 18.7 Å². The zero-order valence-electron chi connectivity index (χ0n) is 18.6. The molecule has 12 heteroatoms. The number of nitriles is 1. The maximum Gasteiger partial charge on any atom is 0.414 e. The van der Waals surface area contributed by atoms with Crippen LogP contribution >= 0.6 is 0 Å². The third kappa shape index (κ3) is 4.74. The molecule has 5 rings (SSSR count). The lowest BCUT2D eigenvalue weighted by Gasteiger charge is -2.36. The zero-order valence-corrected chi connectivity index (χ0v) is 18.6. The van der Waals surface area contributed by atoms with Gasteiger partial charge in [-0.15, -0.1) is 10.2 Å². The maximum absolute atomic E-state index is 15.2. The Hall–Kier alpha value is -4.53. The predicted octanol–water partition coefficient (Wildman–Crippen LogP) is 2.01. The van der Waals surface area contributed by atoms with Crippen LogP contribution in [0.1, 0.15) is 5.69 Å². The second kappa shape index (κ2) is 9.76. The number of aromatic nitrogens is 4. The van der Waals surface area contributed by atoms with Gasteiger partial charge in [0.05, 0.1) is 17.6 Å². The van der Waals surface area contributed by atoms with Crippen molar-refractivity contribution in [1.29, 1.82) is 5.26 Å². The second-order valence-electron chi connectivity index (χ2n) is 7.95. The first kappa shape index (κ1) is 22.3. The molecule has 178 valence electrons. The lowest BCUT2D eigenvalue weighted by Crippen LogP contribution is -2.47. The van der Waals surface area contributed by atoms with Crippen LogP contribution in [0, 0.1) is 17.1 Å². The lowest BCUT2D eigenvalue weighted by molar-refractivity contribution is 0.175. The number of ether oxygens (including phenoxy) is 2. The van der Waals surface area contributed by atoms with Gasteiger partial charge < -0.3 is 19.3 Å². The standard InChI is InChI=1S/C23H21FN8O3/c24-19-11-17(32-18(15-35-23(32)33)14-34-22-13-26-5-6-27-22)2-3-20(19)30-7-9-31(10-8-30)21-4-1-16(12-25)28-29-21/h1-6,11,13,18H,7-10,14-15H2. The van der Waals surface area contributed by atoms with Crippen molar-refractivity contribution in [2.45, 2.75) is 6.04 Å². The number of nitrogens with zero attached hydrogens (tertiary/aromatic N) is 8. The molecule has 2 aromatic heterocycles. The third-order valence-electron chi connectivity index (χ3n) is 5.84. The van der Waals surface area contributed by atoms with Crippen molar-refractivity contribution in [2.75, 3.05) is 54.1 Å². The van der Waals surface area contributed by atoms with Crippen LogP contribution in [0.4, 0.5) is 26.4 Å². The Labute approximate surface area is 200 Å². The van der Waals surface area contributed by atoms with E-state index in [0.29, 0.717) is 49.3 Å². The van der Waals surface area contributed by atoms with Crippen molar-refractivity contribution in [3.63, 3.8) is 0 Å². The number of piperazine rings is 1. The van der Waals surface area contributed by atoms with Gasteiger partial charge in [0, 0.05) is 38.6 Å². The van der Waals surface area contributed by atoms with Crippen LogP contribution in [0.2, 0.25) is 0 Å². The van der Waals surface area contributed by atoms with E-state index in [0.717, 1.165) is 0 Å². The first-order chi connectivity index (χ1) is 17.1. The number of rotatable bonds is 6. The van der Waals surface area contributed by atoms with Gasteiger partial charge in [0.25, 0.3) is 0 Å². The van der Waals surface area contributed by atoms with Gasteiger partial charge in [-0.1, -0.05) is 0 Å². The highest BCUT2D eigenvalue weighted by Gasteiger charge is 2.35. The molecule has 0 saturated carbocycles. The van der Waals surface area contributed by atoms with Crippen LogP contribution in [0.5, 0.6) is 5.88 Å². The quantitative estimate of drug-likeness (QED) is 0.522. The molecule has 0 N–H and O–H groups in total. The average Bonchev–Trinajstić information content (AvgIpc) is 3.28. The molecule has 1 aromatic carbocycles. The largest absolute Gasteiger partial charge is 0.474 e. The van der Waals surface area contributed by atoms with E-state index in [2.05, 4.69) is 20.2 Å². The van der Waals surface area contributed by atoms with Crippen molar-refractivity contribution in [3.05, 3.63) is 60.4 Å². The fraction of sp³-hybridized carbons (Fsp3) is 0.304. The molecule has 2 saturated heterocycles. The molecule has 2 aliphatic heterocycles. The van der Waals surface area contributed by atoms with Crippen molar-refractivity contribution in [1.82, 2.24) is 20.2 Å². The molecule has 0 aliphatic carbocycles. The minimum Gasteiger partial charge on any atom is -0.474 e. The minimum absolute atomic E-state index is 0.128. The highest BCUT2D eigenvalue weighted by molar-refractivity contribution is 5.90. The number of carbonyl (C=O) groups excluding carboxylic acids is 1. The number of hydrogen-bond acceptors (Lipinski definition) is 10. The Bertz CT molecular complexity index is 1230. The smallest absolute Gasteiger partial charge is 0.414 e. The highest BCUT2D eigenvalue weighted by Crippen LogP contribution is 2.30. The van der Waals surface area contributed by atoms with Gasteiger partial charge in [-0.3, -0.25) is 9.88 Å². The summed E-state index contributed by atoms with van der Waals surface area (Å²) in [4.78, 5) is 25.7. The van der Waals surface area contributed by atoms with Gasteiger partial charge in [-0.2, -0.15) is 5.26 Å².